The van der Waals surface area contributed by atoms with E-state index in [4.69, 9.17) is 0 Å². The van der Waals surface area contributed by atoms with Gasteiger partial charge in [0.15, 0.2) is 0 Å². The van der Waals surface area contributed by atoms with Crippen molar-refractivity contribution >= 4 is 22.0 Å². The minimum Gasteiger partial charge on any atom is -0.406 e. The van der Waals surface area contributed by atoms with Crippen LogP contribution in [0.1, 0.15) is 5.56 Å². The van der Waals surface area contributed by atoms with Gasteiger partial charge in [0.2, 0.25) is 0 Å². The van der Waals surface area contributed by atoms with Crippen LogP contribution < -0.4 is 4.74 Å². The van der Waals surface area contributed by atoms with Crippen molar-refractivity contribution in [2.45, 2.75) is 6.36 Å². The Morgan fingerprint density at radius 3 is 2.50 bits per heavy atom. The number of hydrogen-bond acceptors (Lipinski definition) is 1. The van der Waals surface area contributed by atoms with Crippen LogP contribution in [0.2, 0.25) is 0 Å². The van der Waals surface area contributed by atoms with Crippen molar-refractivity contribution in [3.05, 3.63) is 35.7 Å². The van der Waals surface area contributed by atoms with Crippen molar-refractivity contribution < 1.29 is 22.3 Å². The molecule has 1 aromatic carbocycles. The molecule has 0 atom stereocenters. The molecule has 0 aliphatic heterocycles. The Morgan fingerprint density at radius 2 is 2.00 bits per heavy atom. The van der Waals surface area contributed by atoms with Crippen molar-refractivity contribution in [3.63, 3.8) is 0 Å². The monoisotopic (exact) mass is 298 g/mol. The Labute approximate surface area is 97.8 Å². The van der Waals surface area contributed by atoms with Gasteiger partial charge in [-0.2, -0.15) is 0 Å². The van der Waals surface area contributed by atoms with Crippen molar-refractivity contribution in [2.24, 2.45) is 0 Å². The summed E-state index contributed by atoms with van der Waals surface area (Å²) < 4.78 is 52.2. The van der Waals surface area contributed by atoms with E-state index in [2.05, 4.69) is 20.7 Å². The SMILES string of the molecule is Fc1cc(OC(F)(F)F)ccc1C=CCBr. The third-order valence-corrected chi connectivity index (χ3v) is 1.97. The van der Waals surface area contributed by atoms with Crippen molar-refractivity contribution in [2.75, 3.05) is 5.33 Å². The van der Waals surface area contributed by atoms with Gasteiger partial charge in [-0.15, -0.1) is 13.2 Å². The standard InChI is InChI=1S/C10H7BrF4O/c11-5-1-2-7-3-4-8(6-9(7)12)16-10(13,14)15/h1-4,6H,5H2. The molecule has 0 aliphatic rings. The highest BCUT2D eigenvalue weighted by molar-refractivity contribution is 9.09. The summed E-state index contributed by atoms with van der Waals surface area (Å²) in [6.45, 7) is 0. The van der Waals surface area contributed by atoms with Gasteiger partial charge in [-0.05, 0) is 12.1 Å². The molecule has 0 spiro atoms. The van der Waals surface area contributed by atoms with E-state index >= 15 is 0 Å². The predicted molar refractivity (Wildman–Crippen MR) is 55.9 cm³/mol. The van der Waals surface area contributed by atoms with Crippen molar-refractivity contribution in [1.82, 2.24) is 0 Å². The first-order valence-electron chi connectivity index (χ1n) is 4.20. The van der Waals surface area contributed by atoms with Crippen LogP contribution in [0, 0.1) is 5.82 Å². The third-order valence-electron chi connectivity index (χ3n) is 1.59. The summed E-state index contributed by atoms with van der Waals surface area (Å²) in [4.78, 5) is 0. The van der Waals surface area contributed by atoms with Crippen LogP contribution in [0.5, 0.6) is 5.75 Å². The number of ether oxygens (including phenoxy) is 1. The second-order valence-corrected chi connectivity index (χ2v) is 3.44. The number of hydrogen-bond donors (Lipinski definition) is 0. The quantitative estimate of drug-likeness (QED) is 0.602. The number of allylic oxidation sites excluding steroid dienone is 1. The fourth-order valence-electron chi connectivity index (χ4n) is 1.01. The third kappa shape index (κ3) is 4.22. The maximum absolute atomic E-state index is 13.2. The van der Waals surface area contributed by atoms with Gasteiger partial charge in [0.1, 0.15) is 11.6 Å². The molecule has 6 heteroatoms. The van der Waals surface area contributed by atoms with Crippen molar-refractivity contribution in [1.29, 1.82) is 0 Å². The van der Waals surface area contributed by atoms with Gasteiger partial charge < -0.3 is 4.74 Å². The summed E-state index contributed by atoms with van der Waals surface area (Å²) >= 11 is 3.10. The van der Waals surface area contributed by atoms with Crippen LogP contribution >= 0.6 is 15.9 Å². The Bertz CT molecular complexity index is 387. The van der Waals surface area contributed by atoms with Crippen molar-refractivity contribution in [3.8, 4) is 5.75 Å². The zero-order valence-electron chi connectivity index (χ0n) is 7.89. The van der Waals surface area contributed by atoms with Crippen LogP contribution in [0.25, 0.3) is 6.08 Å². The van der Waals surface area contributed by atoms with Gasteiger partial charge in [-0.1, -0.05) is 28.1 Å². The average Bonchev–Trinajstić information content (AvgIpc) is 2.14. The van der Waals surface area contributed by atoms with Gasteiger partial charge in [0.25, 0.3) is 0 Å². The van der Waals surface area contributed by atoms with Gasteiger partial charge in [-0.25, -0.2) is 4.39 Å². The van der Waals surface area contributed by atoms with Crippen LogP contribution in [-0.2, 0) is 0 Å². The van der Waals surface area contributed by atoms with E-state index in [1.165, 1.54) is 12.1 Å². The van der Waals surface area contributed by atoms with E-state index < -0.39 is 17.9 Å². The lowest BCUT2D eigenvalue weighted by Crippen LogP contribution is -2.17. The second kappa shape index (κ2) is 5.34. The molecule has 0 aliphatic carbocycles. The van der Waals surface area contributed by atoms with E-state index in [1.54, 1.807) is 6.08 Å². The lowest BCUT2D eigenvalue weighted by molar-refractivity contribution is -0.274. The Morgan fingerprint density at radius 1 is 1.31 bits per heavy atom. The molecule has 0 saturated carbocycles. The second-order valence-electron chi connectivity index (χ2n) is 2.79. The molecule has 0 radical (unpaired) electrons. The van der Waals surface area contributed by atoms with Gasteiger partial charge in [-0.3, -0.25) is 0 Å². The van der Waals surface area contributed by atoms with E-state index in [0.717, 1.165) is 6.07 Å². The lowest BCUT2D eigenvalue weighted by atomic mass is 10.2. The Hall–Kier alpha value is -1.04. The number of rotatable bonds is 3. The highest BCUT2D eigenvalue weighted by atomic mass is 79.9. The molecule has 0 unspecified atom stereocenters. The molecule has 0 N–H and O–H groups in total. The zero-order chi connectivity index (χ0) is 12.2. The molecule has 0 fully saturated rings. The smallest absolute Gasteiger partial charge is 0.406 e. The van der Waals surface area contributed by atoms with Crippen LogP contribution in [-0.4, -0.2) is 11.7 Å². The number of benzene rings is 1. The van der Waals surface area contributed by atoms with Gasteiger partial charge >= 0.3 is 6.36 Å². The van der Waals surface area contributed by atoms with Crippen LogP contribution in [0.3, 0.4) is 0 Å². The van der Waals surface area contributed by atoms with Crippen LogP contribution in [0.4, 0.5) is 17.6 Å². The molecule has 1 aromatic rings. The number of alkyl halides is 4. The first kappa shape index (κ1) is 13.0. The van der Waals surface area contributed by atoms with Crippen LogP contribution in [0.15, 0.2) is 24.3 Å². The molecule has 1 rings (SSSR count). The summed E-state index contributed by atoms with van der Waals surface area (Å²) in [5.41, 5.74) is 0.203. The minimum atomic E-state index is -4.81. The summed E-state index contributed by atoms with van der Waals surface area (Å²) in [5.74, 6) is -1.33. The normalized spacial score (nSPS) is 12.1. The van der Waals surface area contributed by atoms with E-state index in [0.29, 0.717) is 11.4 Å². The topological polar surface area (TPSA) is 9.23 Å². The summed E-state index contributed by atoms with van der Waals surface area (Å²) in [5, 5.41) is 0.535. The van der Waals surface area contributed by atoms with Gasteiger partial charge in [0.05, 0.1) is 0 Å². The zero-order valence-corrected chi connectivity index (χ0v) is 9.48. The molecular formula is C10H7BrF4O. The van der Waals surface area contributed by atoms with E-state index in [-0.39, 0.29) is 5.56 Å². The molecule has 0 bridgehead atoms. The molecule has 0 amide bonds. The summed E-state index contributed by atoms with van der Waals surface area (Å²) in [6, 6.07) is 2.97. The van der Waals surface area contributed by atoms with E-state index in [1.807, 2.05) is 0 Å². The fraction of sp³-hybridized carbons (Fsp3) is 0.200. The lowest BCUT2D eigenvalue weighted by Gasteiger charge is -2.09. The Balaban J connectivity index is 2.87. The molecule has 0 heterocycles. The first-order chi connectivity index (χ1) is 7.42. The summed E-state index contributed by atoms with van der Waals surface area (Å²) in [6.07, 6.45) is -1.72. The van der Waals surface area contributed by atoms with Gasteiger partial charge in [0, 0.05) is 17.0 Å². The summed E-state index contributed by atoms with van der Waals surface area (Å²) in [7, 11) is 0. The Kier molecular flexibility index (Phi) is 4.35. The molecule has 16 heavy (non-hydrogen) atoms. The average molecular weight is 299 g/mol. The molecule has 1 nitrogen and oxygen atoms in total. The largest absolute Gasteiger partial charge is 0.573 e. The maximum atomic E-state index is 13.2. The fourth-order valence-corrected chi connectivity index (χ4v) is 1.20. The first-order valence-corrected chi connectivity index (χ1v) is 5.32. The number of halogens is 5. The predicted octanol–water partition coefficient (Wildman–Crippen LogP) is 4.13. The highest BCUT2D eigenvalue weighted by Gasteiger charge is 2.31. The highest BCUT2D eigenvalue weighted by Crippen LogP contribution is 2.24. The molecule has 0 aromatic heterocycles. The minimum absolute atomic E-state index is 0.203. The molecule has 88 valence electrons. The molecule has 0 saturated heterocycles. The molecular weight excluding hydrogens is 292 g/mol. The van der Waals surface area contributed by atoms with E-state index in [9.17, 15) is 17.6 Å². The maximum Gasteiger partial charge on any atom is 0.573 e.